The van der Waals surface area contributed by atoms with Crippen LogP contribution in [0.5, 0.6) is 0 Å². The molecule has 0 unspecified atom stereocenters. The van der Waals surface area contributed by atoms with Crippen LogP contribution < -0.4 is 5.32 Å². The monoisotopic (exact) mass is 267 g/mol. The summed E-state index contributed by atoms with van der Waals surface area (Å²) >= 11 is 0. The molecule has 1 aromatic heterocycles. The molecule has 1 heterocycles. The summed E-state index contributed by atoms with van der Waals surface area (Å²) < 4.78 is 9.89. The van der Waals surface area contributed by atoms with E-state index in [1.165, 1.54) is 7.11 Å². The number of hydrogen-bond donors (Lipinski definition) is 1. The number of carbonyl (C=O) groups is 2. The van der Waals surface area contributed by atoms with Crippen molar-refractivity contribution in [3.63, 3.8) is 0 Å². The van der Waals surface area contributed by atoms with E-state index >= 15 is 0 Å². The molecule has 5 nitrogen and oxygen atoms in total. The maximum atomic E-state index is 11.7. The van der Waals surface area contributed by atoms with Gasteiger partial charge in [-0.2, -0.15) is 0 Å². The van der Waals surface area contributed by atoms with E-state index in [4.69, 9.17) is 4.42 Å². The zero-order chi connectivity index (χ0) is 14.1. The van der Waals surface area contributed by atoms with Gasteiger partial charge in [-0.1, -0.05) is 13.3 Å². The average molecular weight is 267 g/mol. The number of rotatable bonds is 8. The summed E-state index contributed by atoms with van der Waals surface area (Å²) in [6.45, 7) is 2.56. The lowest BCUT2D eigenvalue weighted by molar-refractivity contribution is -0.140. The fraction of sp³-hybridized carbons (Fsp3) is 0.571. The van der Waals surface area contributed by atoms with Gasteiger partial charge >= 0.3 is 5.97 Å². The third kappa shape index (κ3) is 5.59. The Labute approximate surface area is 113 Å². The lowest BCUT2D eigenvalue weighted by atomic mass is 10.2. The van der Waals surface area contributed by atoms with Gasteiger partial charge in [0.15, 0.2) is 5.76 Å². The molecule has 0 fully saturated rings. The maximum Gasteiger partial charge on any atom is 0.305 e. The Hall–Kier alpha value is -1.78. The standard InChI is InChI=1S/C14H21NO4/c1-3-11-8-9-12(19-11)14(17)15-10-6-4-5-7-13(16)18-2/h8-9H,3-7,10H2,1-2H3,(H,15,17). The van der Waals surface area contributed by atoms with Crippen LogP contribution in [-0.4, -0.2) is 25.5 Å². The summed E-state index contributed by atoms with van der Waals surface area (Å²) in [5, 5.41) is 2.79. The van der Waals surface area contributed by atoms with Crippen LogP contribution in [0.2, 0.25) is 0 Å². The van der Waals surface area contributed by atoms with Gasteiger partial charge in [-0.05, 0) is 25.0 Å². The van der Waals surface area contributed by atoms with Crippen LogP contribution in [-0.2, 0) is 16.0 Å². The number of carbonyl (C=O) groups excluding carboxylic acids is 2. The Bertz CT molecular complexity index is 411. The van der Waals surface area contributed by atoms with Crippen molar-refractivity contribution in [1.29, 1.82) is 0 Å². The van der Waals surface area contributed by atoms with E-state index in [9.17, 15) is 9.59 Å². The van der Waals surface area contributed by atoms with Crippen molar-refractivity contribution in [2.24, 2.45) is 0 Å². The highest BCUT2D eigenvalue weighted by Gasteiger charge is 2.09. The van der Waals surface area contributed by atoms with Crippen molar-refractivity contribution in [3.8, 4) is 0 Å². The Morgan fingerprint density at radius 2 is 2.05 bits per heavy atom. The number of unbranched alkanes of at least 4 members (excludes halogenated alkanes) is 2. The zero-order valence-electron chi connectivity index (χ0n) is 11.5. The van der Waals surface area contributed by atoms with Gasteiger partial charge in [0.25, 0.3) is 5.91 Å². The molecule has 1 N–H and O–H groups in total. The highest BCUT2D eigenvalue weighted by molar-refractivity contribution is 5.91. The lowest BCUT2D eigenvalue weighted by Gasteiger charge is -2.03. The van der Waals surface area contributed by atoms with Gasteiger partial charge in [0.1, 0.15) is 5.76 Å². The van der Waals surface area contributed by atoms with Crippen LogP contribution in [0, 0.1) is 0 Å². The predicted molar refractivity (Wildman–Crippen MR) is 70.9 cm³/mol. The quantitative estimate of drug-likeness (QED) is 0.579. The highest BCUT2D eigenvalue weighted by Crippen LogP contribution is 2.08. The lowest BCUT2D eigenvalue weighted by Crippen LogP contribution is -2.23. The summed E-state index contributed by atoms with van der Waals surface area (Å²) in [6, 6.07) is 3.50. The van der Waals surface area contributed by atoms with Crippen LogP contribution in [0.25, 0.3) is 0 Å². The number of aryl methyl sites for hydroxylation is 1. The van der Waals surface area contributed by atoms with E-state index < -0.39 is 0 Å². The molecule has 0 saturated heterocycles. The molecule has 0 spiro atoms. The number of ether oxygens (including phenoxy) is 1. The molecular formula is C14H21NO4. The Balaban J connectivity index is 2.12. The van der Waals surface area contributed by atoms with Crippen molar-refractivity contribution >= 4 is 11.9 Å². The molecule has 0 aromatic carbocycles. The van der Waals surface area contributed by atoms with Crippen molar-refractivity contribution in [2.45, 2.75) is 39.0 Å². The number of amides is 1. The molecule has 0 radical (unpaired) electrons. The summed E-state index contributed by atoms with van der Waals surface area (Å²) in [4.78, 5) is 22.5. The number of furan rings is 1. The highest BCUT2D eigenvalue weighted by atomic mass is 16.5. The van der Waals surface area contributed by atoms with Gasteiger partial charge in [0.05, 0.1) is 7.11 Å². The Morgan fingerprint density at radius 3 is 2.68 bits per heavy atom. The fourth-order valence-electron chi connectivity index (χ4n) is 1.65. The molecule has 0 bridgehead atoms. The number of methoxy groups -OCH3 is 1. The molecule has 1 aromatic rings. The number of esters is 1. The summed E-state index contributed by atoms with van der Waals surface area (Å²) in [7, 11) is 1.39. The van der Waals surface area contributed by atoms with Crippen molar-refractivity contribution in [3.05, 3.63) is 23.7 Å². The smallest absolute Gasteiger partial charge is 0.305 e. The molecule has 1 amide bonds. The third-order valence-corrected chi connectivity index (χ3v) is 2.80. The van der Waals surface area contributed by atoms with Crippen molar-refractivity contribution in [1.82, 2.24) is 5.32 Å². The molecule has 1 rings (SSSR count). The molecule has 0 aliphatic heterocycles. The molecule has 0 saturated carbocycles. The van der Waals surface area contributed by atoms with E-state index in [0.717, 1.165) is 31.4 Å². The normalized spacial score (nSPS) is 10.2. The van der Waals surface area contributed by atoms with Crippen LogP contribution in [0.1, 0.15) is 48.9 Å². The first-order valence-electron chi connectivity index (χ1n) is 6.61. The van der Waals surface area contributed by atoms with Gasteiger partial charge in [0, 0.05) is 19.4 Å². The molecular weight excluding hydrogens is 246 g/mol. The average Bonchev–Trinajstić information content (AvgIpc) is 2.91. The second-order valence-electron chi connectivity index (χ2n) is 4.26. The topological polar surface area (TPSA) is 68.5 Å². The van der Waals surface area contributed by atoms with Crippen LogP contribution in [0.4, 0.5) is 0 Å². The number of hydrogen-bond acceptors (Lipinski definition) is 4. The van der Waals surface area contributed by atoms with Crippen LogP contribution >= 0.6 is 0 Å². The minimum absolute atomic E-state index is 0.187. The van der Waals surface area contributed by atoms with Crippen molar-refractivity contribution in [2.75, 3.05) is 13.7 Å². The van der Waals surface area contributed by atoms with Gasteiger partial charge in [-0.3, -0.25) is 9.59 Å². The molecule has 0 atom stereocenters. The Morgan fingerprint density at radius 1 is 1.26 bits per heavy atom. The van der Waals surface area contributed by atoms with Crippen molar-refractivity contribution < 1.29 is 18.7 Å². The molecule has 19 heavy (non-hydrogen) atoms. The van der Waals surface area contributed by atoms with E-state index in [2.05, 4.69) is 10.1 Å². The maximum absolute atomic E-state index is 11.7. The van der Waals surface area contributed by atoms with E-state index in [-0.39, 0.29) is 11.9 Å². The Kier molecular flexibility index (Phi) is 6.71. The van der Waals surface area contributed by atoms with E-state index in [1.54, 1.807) is 6.07 Å². The molecule has 106 valence electrons. The molecule has 0 aliphatic carbocycles. The first-order valence-corrected chi connectivity index (χ1v) is 6.61. The molecule has 5 heteroatoms. The zero-order valence-corrected chi connectivity index (χ0v) is 11.5. The molecule has 0 aliphatic rings. The van der Waals surface area contributed by atoms with Crippen LogP contribution in [0.15, 0.2) is 16.5 Å². The third-order valence-electron chi connectivity index (χ3n) is 2.80. The largest absolute Gasteiger partial charge is 0.469 e. The summed E-state index contributed by atoms with van der Waals surface area (Å²) in [5.41, 5.74) is 0. The fourth-order valence-corrected chi connectivity index (χ4v) is 1.65. The van der Waals surface area contributed by atoms with Gasteiger partial charge < -0.3 is 14.5 Å². The first kappa shape index (κ1) is 15.3. The van der Waals surface area contributed by atoms with Gasteiger partial charge in [0.2, 0.25) is 0 Å². The first-order chi connectivity index (χ1) is 9.17. The van der Waals surface area contributed by atoms with Crippen LogP contribution in [0.3, 0.4) is 0 Å². The number of nitrogens with one attached hydrogen (secondary N) is 1. The van der Waals surface area contributed by atoms with Gasteiger partial charge in [-0.15, -0.1) is 0 Å². The second kappa shape index (κ2) is 8.34. The predicted octanol–water partition coefficient (Wildman–Crippen LogP) is 2.31. The van der Waals surface area contributed by atoms with E-state index in [0.29, 0.717) is 18.7 Å². The second-order valence-corrected chi connectivity index (χ2v) is 4.26. The SMILES string of the molecule is CCc1ccc(C(=O)NCCCCCC(=O)OC)o1. The van der Waals surface area contributed by atoms with E-state index in [1.807, 2.05) is 13.0 Å². The summed E-state index contributed by atoms with van der Waals surface area (Å²) in [5.74, 6) is 0.786. The minimum atomic E-state index is -0.188. The summed E-state index contributed by atoms with van der Waals surface area (Å²) in [6.07, 6.45) is 3.71. The van der Waals surface area contributed by atoms with Gasteiger partial charge in [-0.25, -0.2) is 0 Å². The minimum Gasteiger partial charge on any atom is -0.469 e.